The fourth-order valence-electron chi connectivity index (χ4n) is 9.32. The van der Waals surface area contributed by atoms with E-state index in [4.69, 9.17) is 9.47 Å². The first-order chi connectivity index (χ1) is 14.2. The van der Waals surface area contributed by atoms with Crippen molar-refractivity contribution in [2.45, 2.75) is 84.0 Å². The minimum atomic E-state index is -0.609. The van der Waals surface area contributed by atoms with Crippen molar-refractivity contribution in [2.24, 2.45) is 34.0 Å². The molecule has 4 fully saturated rings. The lowest BCUT2D eigenvalue weighted by molar-refractivity contribution is -0.327. The monoisotopic (exact) mass is 412 g/mol. The summed E-state index contributed by atoms with van der Waals surface area (Å²) in [5.74, 6) is 2.89. The summed E-state index contributed by atoms with van der Waals surface area (Å²) >= 11 is 0. The summed E-state index contributed by atoms with van der Waals surface area (Å²) in [6.07, 6.45) is 8.54. The van der Waals surface area contributed by atoms with E-state index in [1.165, 1.54) is 32.1 Å². The van der Waals surface area contributed by atoms with Gasteiger partial charge in [0.25, 0.3) is 0 Å². The van der Waals surface area contributed by atoms with Crippen molar-refractivity contribution in [3.63, 3.8) is 0 Å². The maximum Gasteiger partial charge on any atom is 0.160 e. The van der Waals surface area contributed by atoms with Crippen LogP contribution in [0.3, 0.4) is 0 Å². The van der Waals surface area contributed by atoms with Crippen molar-refractivity contribution in [2.75, 3.05) is 6.61 Å². The van der Waals surface area contributed by atoms with Gasteiger partial charge in [0.15, 0.2) is 6.29 Å². The molecule has 0 spiro atoms. The number of aromatic hydroxyl groups is 1. The Morgan fingerprint density at radius 2 is 1.70 bits per heavy atom. The molecule has 0 unspecified atom stereocenters. The van der Waals surface area contributed by atoms with Crippen LogP contribution in [-0.4, -0.2) is 28.7 Å². The van der Waals surface area contributed by atoms with Crippen LogP contribution in [0.4, 0.5) is 0 Å². The highest BCUT2D eigenvalue weighted by atomic mass is 16.6. The topological polar surface area (TPSA) is 58.9 Å². The fourth-order valence-corrected chi connectivity index (χ4v) is 9.32. The molecule has 2 bridgehead atoms. The van der Waals surface area contributed by atoms with Crippen LogP contribution in [0.25, 0.3) is 0 Å². The molecule has 0 radical (unpaired) electrons. The number of aliphatic hydroxyl groups excluding tert-OH is 1. The van der Waals surface area contributed by atoms with Gasteiger partial charge in [0.1, 0.15) is 17.1 Å². The number of phenolic OH excluding ortho intramolecular Hbond substituents is 1. The predicted octanol–water partition coefficient (Wildman–Crippen LogP) is 5.05. The molecule has 1 aromatic rings. The Kier molecular flexibility index (Phi) is 3.85. The van der Waals surface area contributed by atoms with Crippen LogP contribution < -0.4 is 4.74 Å². The van der Waals surface area contributed by atoms with Crippen LogP contribution >= 0.6 is 0 Å². The highest BCUT2D eigenvalue weighted by molar-refractivity contribution is 5.43. The SMILES string of the molecule is C[C@]12CCC[C@@]3(CO[C@H]1O)[C@H]2CC[C@]1(C)[C@@H]3CC[C@]2(C)Oc3ccc(O)cc3C[C@@H]12. The van der Waals surface area contributed by atoms with Crippen molar-refractivity contribution < 1.29 is 19.7 Å². The first kappa shape index (κ1) is 19.4. The van der Waals surface area contributed by atoms with Crippen LogP contribution in [0.5, 0.6) is 11.5 Å². The van der Waals surface area contributed by atoms with E-state index in [1.54, 1.807) is 6.07 Å². The number of aliphatic hydroxyl groups is 1. The summed E-state index contributed by atoms with van der Waals surface area (Å²) in [5.41, 5.74) is 1.30. The van der Waals surface area contributed by atoms with Gasteiger partial charge in [-0.3, -0.25) is 0 Å². The van der Waals surface area contributed by atoms with Gasteiger partial charge in [0, 0.05) is 16.7 Å². The van der Waals surface area contributed by atoms with E-state index in [0.717, 1.165) is 37.2 Å². The molecule has 6 rings (SSSR count). The summed E-state index contributed by atoms with van der Waals surface area (Å²) < 4.78 is 12.8. The number of phenols is 1. The van der Waals surface area contributed by atoms with Gasteiger partial charge < -0.3 is 19.7 Å². The standard InChI is InChI=1S/C26H36O4/c1-23-11-7-20-24(2)9-4-10-26(20,15-29-22(24)28)19(23)8-12-25(3)21(23)14-16-13-17(27)5-6-18(16)30-25/h5-6,13,19-22,27-28H,4,7-12,14-15H2,1-3H3/t19-,20-,21-,22+,23+,24+,25-,26-/m0/s1. The molecule has 2 heterocycles. The van der Waals surface area contributed by atoms with Crippen molar-refractivity contribution >= 4 is 0 Å². The van der Waals surface area contributed by atoms with E-state index < -0.39 is 6.29 Å². The van der Waals surface area contributed by atoms with Gasteiger partial charge in [-0.25, -0.2) is 0 Å². The number of benzene rings is 1. The van der Waals surface area contributed by atoms with Gasteiger partial charge in [0.2, 0.25) is 0 Å². The van der Waals surface area contributed by atoms with Gasteiger partial charge in [-0.1, -0.05) is 20.3 Å². The molecule has 3 saturated carbocycles. The molecule has 5 aliphatic rings. The van der Waals surface area contributed by atoms with Gasteiger partial charge in [-0.15, -0.1) is 0 Å². The second-order valence-corrected chi connectivity index (χ2v) is 11.9. The minimum Gasteiger partial charge on any atom is -0.508 e. The Morgan fingerprint density at radius 1 is 0.933 bits per heavy atom. The van der Waals surface area contributed by atoms with Crippen LogP contribution in [0.2, 0.25) is 0 Å². The van der Waals surface area contributed by atoms with E-state index >= 15 is 0 Å². The van der Waals surface area contributed by atoms with Crippen molar-refractivity contribution in [1.82, 2.24) is 0 Å². The first-order valence-electron chi connectivity index (χ1n) is 12.0. The van der Waals surface area contributed by atoms with E-state index in [0.29, 0.717) is 23.5 Å². The van der Waals surface area contributed by atoms with Gasteiger partial charge in [-0.2, -0.15) is 0 Å². The maximum atomic E-state index is 10.8. The lowest BCUT2D eigenvalue weighted by Gasteiger charge is -2.71. The molecule has 2 aliphatic heterocycles. The molecule has 4 heteroatoms. The third-order valence-corrected chi connectivity index (χ3v) is 10.7. The zero-order valence-corrected chi connectivity index (χ0v) is 18.6. The second-order valence-electron chi connectivity index (χ2n) is 11.9. The molecule has 0 amide bonds. The van der Waals surface area contributed by atoms with Gasteiger partial charge >= 0.3 is 0 Å². The normalized spacial score (nSPS) is 51.6. The lowest BCUT2D eigenvalue weighted by atomic mass is 9.36. The van der Waals surface area contributed by atoms with Crippen LogP contribution in [0.15, 0.2) is 18.2 Å². The largest absolute Gasteiger partial charge is 0.508 e. The van der Waals surface area contributed by atoms with Gasteiger partial charge in [0.05, 0.1) is 6.61 Å². The fraction of sp³-hybridized carbons (Fsp3) is 0.769. The summed E-state index contributed by atoms with van der Waals surface area (Å²) in [6.45, 7) is 7.85. The molecular formula is C26H36O4. The Labute approximate surface area is 180 Å². The molecule has 8 atom stereocenters. The summed E-state index contributed by atoms with van der Waals surface area (Å²) in [7, 11) is 0. The molecule has 4 nitrogen and oxygen atoms in total. The van der Waals surface area contributed by atoms with Crippen molar-refractivity contribution in [3.8, 4) is 11.5 Å². The van der Waals surface area contributed by atoms with Gasteiger partial charge in [-0.05, 0) is 92.9 Å². The molecule has 164 valence electrons. The second kappa shape index (κ2) is 5.95. The third-order valence-electron chi connectivity index (χ3n) is 10.7. The predicted molar refractivity (Wildman–Crippen MR) is 114 cm³/mol. The van der Waals surface area contributed by atoms with E-state index in [-0.39, 0.29) is 21.8 Å². The third kappa shape index (κ3) is 2.25. The molecule has 1 saturated heterocycles. The lowest BCUT2D eigenvalue weighted by Crippen LogP contribution is -2.69. The average molecular weight is 413 g/mol. The molecule has 2 N–H and O–H groups in total. The molecule has 3 aliphatic carbocycles. The summed E-state index contributed by atoms with van der Waals surface area (Å²) in [6, 6.07) is 5.59. The first-order valence-corrected chi connectivity index (χ1v) is 12.0. The Bertz CT molecular complexity index is 884. The zero-order chi connectivity index (χ0) is 20.9. The number of rotatable bonds is 0. The van der Waals surface area contributed by atoms with Crippen molar-refractivity contribution in [3.05, 3.63) is 23.8 Å². The van der Waals surface area contributed by atoms with Crippen LogP contribution in [0.1, 0.15) is 71.3 Å². The van der Waals surface area contributed by atoms with Crippen LogP contribution in [-0.2, 0) is 11.2 Å². The molecule has 30 heavy (non-hydrogen) atoms. The Balaban J connectivity index is 1.42. The van der Waals surface area contributed by atoms with E-state index in [1.807, 2.05) is 12.1 Å². The summed E-state index contributed by atoms with van der Waals surface area (Å²) in [4.78, 5) is 0. The molecule has 0 aromatic heterocycles. The highest BCUT2D eigenvalue weighted by Crippen LogP contribution is 2.72. The highest BCUT2D eigenvalue weighted by Gasteiger charge is 2.70. The van der Waals surface area contributed by atoms with Crippen molar-refractivity contribution in [1.29, 1.82) is 0 Å². The number of fused-ring (bicyclic) bond motifs is 4. The van der Waals surface area contributed by atoms with E-state index in [9.17, 15) is 10.2 Å². The Morgan fingerprint density at radius 3 is 2.53 bits per heavy atom. The number of hydrogen-bond acceptors (Lipinski definition) is 4. The maximum absolute atomic E-state index is 10.8. The molecule has 1 aromatic carbocycles. The smallest absolute Gasteiger partial charge is 0.160 e. The average Bonchev–Trinajstić information content (AvgIpc) is 2.70. The summed E-state index contributed by atoms with van der Waals surface area (Å²) in [5, 5.41) is 20.8. The Hall–Kier alpha value is -1.26. The quantitative estimate of drug-likeness (QED) is 0.626. The molecular weight excluding hydrogens is 376 g/mol. The minimum absolute atomic E-state index is 0.0972. The van der Waals surface area contributed by atoms with Crippen LogP contribution in [0, 0.1) is 34.0 Å². The number of hydrogen-bond donors (Lipinski definition) is 2. The zero-order valence-electron chi connectivity index (χ0n) is 18.6. The van der Waals surface area contributed by atoms with E-state index in [2.05, 4.69) is 20.8 Å². The number of ether oxygens (including phenoxy) is 2.